The molecule has 0 radical (unpaired) electrons. The van der Waals surface area contributed by atoms with Gasteiger partial charge in [0.1, 0.15) is 0 Å². The van der Waals surface area contributed by atoms with Gasteiger partial charge in [0.25, 0.3) is 0 Å². The minimum atomic E-state index is -4.95. The minimum absolute atomic E-state index is 0.141. The second-order valence-corrected chi connectivity index (χ2v) is 8.64. The summed E-state index contributed by atoms with van der Waals surface area (Å²) in [6.45, 7) is 4.07. The van der Waals surface area contributed by atoms with Crippen molar-refractivity contribution < 1.29 is 25.5 Å². The predicted molar refractivity (Wildman–Crippen MR) is 73.5 cm³/mol. The van der Waals surface area contributed by atoms with Gasteiger partial charge in [0, 0.05) is 13.1 Å². The highest BCUT2D eigenvalue weighted by atomic mass is 32.3. The third-order valence-electron chi connectivity index (χ3n) is 3.12. The number of rotatable bonds is 3. The molecule has 1 heterocycles. The Labute approximate surface area is 123 Å². The Morgan fingerprint density at radius 3 is 2.38 bits per heavy atom. The quantitative estimate of drug-likeness (QED) is 0.773. The van der Waals surface area contributed by atoms with E-state index in [1.54, 1.807) is 13.8 Å². The lowest BCUT2D eigenvalue weighted by atomic mass is 10.1. The maximum Gasteiger partial charge on any atom is 0.332 e. The van der Waals surface area contributed by atoms with E-state index in [0.29, 0.717) is 0 Å². The number of halogens is 1. The van der Waals surface area contributed by atoms with Crippen LogP contribution in [0.25, 0.3) is 0 Å². The fourth-order valence-electron chi connectivity index (χ4n) is 2.11. The molecule has 0 atom stereocenters. The fourth-order valence-corrected chi connectivity index (χ4v) is 4.32. The summed E-state index contributed by atoms with van der Waals surface area (Å²) in [6, 6.07) is 4.28. The summed E-state index contributed by atoms with van der Waals surface area (Å²) in [6.07, 6.45) is 0. The minimum Gasteiger partial charge on any atom is -0.373 e. The van der Waals surface area contributed by atoms with Crippen LogP contribution in [-0.4, -0.2) is 46.4 Å². The molecular weight excluding hydrogens is 321 g/mol. The molecule has 1 aliphatic rings. The Balaban J connectivity index is 2.41. The zero-order valence-corrected chi connectivity index (χ0v) is 13.2. The van der Waals surface area contributed by atoms with Crippen molar-refractivity contribution in [3.05, 3.63) is 24.3 Å². The zero-order chi connectivity index (χ0) is 15.9. The van der Waals surface area contributed by atoms with Crippen molar-refractivity contribution in [1.29, 1.82) is 0 Å². The second-order valence-electron chi connectivity index (χ2n) is 5.36. The molecule has 0 aliphatic carbocycles. The van der Waals surface area contributed by atoms with Crippen LogP contribution in [0, 0.1) is 0 Å². The monoisotopic (exact) mass is 337 g/mol. The molecule has 0 saturated carbocycles. The molecule has 1 aromatic carbocycles. The average molecular weight is 337 g/mol. The number of nitrogens with zero attached hydrogens (tertiary/aromatic N) is 1. The van der Waals surface area contributed by atoms with Crippen LogP contribution in [-0.2, 0) is 25.0 Å². The van der Waals surface area contributed by atoms with Crippen molar-refractivity contribution in [2.24, 2.45) is 0 Å². The summed E-state index contributed by atoms with van der Waals surface area (Å²) in [5.41, 5.74) is -0.630. The molecule has 0 bridgehead atoms. The van der Waals surface area contributed by atoms with Crippen LogP contribution in [0.1, 0.15) is 13.8 Å². The molecule has 0 unspecified atom stereocenters. The number of ether oxygens (including phenoxy) is 1. The van der Waals surface area contributed by atoms with Crippen molar-refractivity contribution in [1.82, 2.24) is 4.31 Å². The molecule has 1 fully saturated rings. The Kier molecular flexibility index (Phi) is 4.13. The van der Waals surface area contributed by atoms with Crippen LogP contribution in [0.3, 0.4) is 0 Å². The van der Waals surface area contributed by atoms with E-state index in [0.717, 1.165) is 12.1 Å². The molecule has 118 valence electrons. The van der Waals surface area contributed by atoms with Crippen LogP contribution >= 0.6 is 0 Å². The first-order chi connectivity index (χ1) is 9.52. The first-order valence-electron chi connectivity index (χ1n) is 6.21. The van der Waals surface area contributed by atoms with Gasteiger partial charge in [0.05, 0.1) is 22.0 Å². The van der Waals surface area contributed by atoms with Crippen molar-refractivity contribution in [2.45, 2.75) is 29.2 Å². The van der Waals surface area contributed by atoms with Crippen LogP contribution in [0.15, 0.2) is 34.1 Å². The van der Waals surface area contributed by atoms with Crippen LogP contribution in [0.4, 0.5) is 3.89 Å². The van der Waals surface area contributed by atoms with E-state index in [4.69, 9.17) is 4.74 Å². The summed E-state index contributed by atoms with van der Waals surface area (Å²) in [5.74, 6) is 0. The molecule has 9 heteroatoms. The average Bonchev–Trinajstić information content (AvgIpc) is 2.36. The van der Waals surface area contributed by atoms with Gasteiger partial charge in [-0.2, -0.15) is 12.7 Å². The summed E-state index contributed by atoms with van der Waals surface area (Å²) >= 11 is 0. The second kappa shape index (κ2) is 5.31. The molecule has 1 aromatic rings. The first-order valence-corrected chi connectivity index (χ1v) is 9.04. The normalized spacial score (nSPS) is 20.3. The maximum atomic E-state index is 13.0. The number of hydrogen-bond acceptors (Lipinski definition) is 5. The van der Waals surface area contributed by atoms with E-state index < -0.39 is 30.7 Å². The third-order valence-corrected chi connectivity index (χ3v) is 5.77. The van der Waals surface area contributed by atoms with Gasteiger partial charge in [-0.3, -0.25) is 0 Å². The highest BCUT2D eigenvalue weighted by molar-refractivity contribution is 7.89. The number of morpholine rings is 1. The molecule has 0 amide bonds. The Morgan fingerprint density at radius 2 is 1.81 bits per heavy atom. The van der Waals surface area contributed by atoms with Gasteiger partial charge in [-0.25, -0.2) is 8.42 Å². The molecule has 1 saturated heterocycles. The van der Waals surface area contributed by atoms with E-state index in [2.05, 4.69) is 0 Å². The van der Waals surface area contributed by atoms with Gasteiger partial charge in [0.2, 0.25) is 10.0 Å². The SMILES string of the molecule is CC1(C)CN(S(=O)(=O)c2cccc(S(=O)(=O)F)c2)CCO1. The van der Waals surface area contributed by atoms with Gasteiger partial charge in [-0.05, 0) is 32.0 Å². The largest absolute Gasteiger partial charge is 0.373 e. The zero-order valence-electron chi connectivity index (χ0n) is 11.6. The lowest BCUT2D eigenvalue weighted by Crippen LogP contribution is -2.50. The highest BCUT2D eigenvalue weighted by Crippen LogP contribution is 2.25. The van der Waals surface area contributed by atoms with Gasteiger partial charge in [0.15, 0.2) is 0 Å². The Hall–Kier alpha value is -1.03. The predicted octanol–water partition coefficient (Wildman–Crippen LogP) is 1.14. The molecule has 21 heavy (non-hydrogen) atoms. The van der Waals surface area contributed by atoms with E-state index in [1.165, 1.54) is 16.4 Å². The maximum absolute atomic E-state index is 13.0. The Bertz CT molecular complexity index is 743. The van der Waals surface area contributed by atoms with Crippen molar-refractivity contribution >= 4 is 20.2 Å². The summed E-state index contributed by atoms with van der Waals surface area (Å²) in [4.78, 5) is -0.921. The Morgan fingerprint density at radius 1 is 1.19 bits per heavy atom. The van der Waals surface area contributed by atoms with Gasteiger partial charge < -0.3 is 4.74 Å². The number of sulfonamides is 1. The van der Waals surface area contributed by atoms with Crippen molar-refractivity contribution in [3.8, 4) is 0 Å². The summed E-state index contributed by atoms with van der Waals surface area (Å²) < 4.78 is 66.5. The van der Waals surface area contributed by atoms with Crippen molar-refractivity contribution in [2.75, 3.05) is 19.7 Å². The molecular formula is C12H16FNO5S2. The van der Waals surface area contributed by atoms with Gasteiger partial charge >= 0.3 is 10.2 Å². The highest BCUT2D eigenvalue weighted by Gasteiger charge is 2.35. The molecule has 0 N–H and O–H groups in total. The van der Waals surface area contributed by atoms with Gasteiger partial charge in [-0.1, -0.05) is 6.07 Å². The first kappa shape index (κ1) is 16.3. The lowest BCUT2D eigenvalue weighted by molar-refractivity contribution is -0.0640. The number of hydrogen-bond donors (Lipinski definition) is 0. The van der Waals surface area contributed by atoms with Crippen LogP contribution in [0.2, 0.25) is 0 Å². The molecule has 0 aromatic heterocycles. The third kappa shape index (κ3) is 3.60. The van der Waals surface area contributed by atoms with Gasteiger partial charge in [-0.15, -0.1) is 3.89 Å². The number of benzene rings is 1. The van der Waals surface area contributed by atoms with E-state index >= 15 is 0 Å². The molecule has 1 aliphatic heterocycles. The molecule has 6 nitrogen and oxygen atoms in total. The van der Waals surface area contributed by atoms with Crippen LogP contribution in [0.5, 0.6) is 0 Å². The van der Waals surface area contributed by atoms with E-state index in [-0.39, 0.29) is 24.6 Å². The lowest BCUT2D eigenvalue weighted by Gasteiger charge is -2.37. The smallest absolute Gasteiger partial charge is 0.332 e. The molecule has 2 rings (SSSR count). The summed E-state index contributed by atoms with van der Waals surface area (Å²) in [5, 5.41) is 0. The topological polar surface area (TPSA) is 80.8 Å². The summed E-state index contributed by atoms with van der Waals surface area (Å²) in [7, 11) is -8.84. The standard InChI is InChI=1S/C12H16FNO5S2/c1-12(2)9-14(6-7-19-12)21(17,18)11-5-3-4-10(8-11)20(13,15)16/h3-5,8H,6-7,9H2,1-2H3. The fraction of sp³-hybridized carbons (Fsp3) is 0.500. The van der Waals surface area contributed by atoms with Crippen LogP contribution < -0.4 is 0 Å². The van der Waals surface area contributed by atoms with E-state index in [1.807, 2.05) is 0 Å². The van der Waals surface area contributed by atoms with Crippen molar-refractivity contribution in [3.63, 3.8) is 0 Å². The van der Waals surface area contributed by atoms with E-state index in [9.17, 15) is 20.7 Å². The molecule has 0 spiro atoms.